The summed E-state index contributed by atoms with van der Waals surface area (Å²) in [7, 11) is -0.101. The first-order chi connectivity index (χ1) is 30.8. The number of hydrogen-bond acceptors (Lipinski definition) is 9. The van der Waals surface area contributed by atoms with Gasteiger partial charge in [0.1, 0.15) is 11.5 Å². The van der Waals surface area contributed by atoms with Gasteiger partial charge in [-0.3, -0.25) is 28.9 Å². The second kappa shape index (κ2) is 20.4. The van der Waals surface area contributed by atoms with E-state index < -0.39 is 19.7 Å². The van der Waals surface area contributed by atoms with Crippen LogP contribution in [-0.2, 0) is 28.5 Å². The summed E-state index contributed by atoms with van der Waals surface area (Å²) in [6.45, 7) is 1.22. The maximum absolute atomic E-state index is 14.0. The van der Waals surface area contributed by atoms with E-state index in [4.69, 9.17) is 32.5 Å². The van der Waals surface area contributed by atoms with Crippen molar-refractivity contribution in [3.05, 3.63) is 95.6 Å². The second-order valence-corrected chi connectivity index (χ2v) is 17.4. The van der Waals surface area contributed by atoms with E-state index in [0.29, 0.717) is 53.3 Å². The van der Waals surface area contributed by atoms with Gasteiger partial charge in [0, 0.05) is 118 Å². The monoisotopic (exact) mass is 931 g/mol. The third kappa shape index (κ3) is 9.98. The van der Waals surface area contributed by atoms with Crippen molar-refractivity contribution in [2.45, 2.75) is 56.2 Å². The molecule has 0 bridgehead atoms. The molecule has 0 fully saturated rings. The fourth-order valence-corrected chi connectivity index (χ4v) is 9.40. The van der Waals surface area contributed by atoms with Gasteiger partial charge in [-0.25, -0.2) is 9.36 Å². The number of unbranched alkanes of at least 4 members (excludes halogenated alkanes) is 2. The Morgan fingerprint density at radius 2 is 1.33 bits per heavy atom. The van der Waals surface area contributed by atoms with Gasteiger partial charge in [-0.1, -0.05) is 72.6 Å². The van der Waals surface area contributed by atoms with Gasteiger partial charge in [0.25, 0.3) is 11.8 Å². The first-order valence-electron chi connectivity index (χ1n) is 21.0. The predicted molar refractivity (Wildman–Crippen MR) is 245 cm³/mol. The highest BCUT2D eigenvalue weighted by Gasteiger charge is 2.36. The van der Waals surface area contributed by atoms with Gasteiger partial charge in [-0.2, -0.15) is 0 Å². The van der Waals surface area contributed by atoms with Gasteiger partial charge in [0.15, 0.2) is 0 Å². The highest BCUT2D eigenvalue weighted by molar-refractivity contribution is 7.32. The normalized spacial score (nSPS) is 17.1. The maximum atomic E-state index is 14.0. The molecule has 4 aromatic carbocycles. The van der Waals surface area contributed by atoms with Gasteiger partial charge >= 0.3 is 14.3 Å². The number of anilines is 2. The molecule has 0 aromatic heterocycles. The molecule has 0 spiro atoms. The quantitative estimate of drug-likeness (QED) is 0.0476. The van der Waals surface area contributed by atoms with Crippen molar-refractivity contribution in [3.8, 4) is 11.5 Å². The largest absolute Gasteiger partial charge is 0.426 e. The molecule has 0 saturated heterocycles. The van der Waals surface area contributed by atoms with Crippen LogP contribution in [0.4, 0.5) is 16.2 Å². The fraction of sp³-hybridized carbons (Fsp3) is 0.348. The Kier molecular flexibility index (Phi) is 14.8. The number of benzene rings is 4. The lowest BCUT2D eigenvalue weighted by molar-refractivity contribution is -0.137. The minimum absolute atomic E-state index is 0.0249. The molecule has 2 unspecified atom stereocenters. The van der Waals surface area contributed by atoms with E-state index in [1.807, 2.05) is 36.4 Å². The van der Waals surface area contributed by atoms with Crippen LogP contribution >= 0.6 is 31.5 Å². The van der Waals surface area contributed by atoms with Crippen molar-refractivity contribution < 1.29 is 47.5 Å². The minimum atomic E-state index is -3.34. The number of imide groups is 1. The lowest BCUT2D eigenvalue weighted by Crippen LogP contribution is -2.38. The zero-order valence-electron chi connectivity index (χ0n) is 35.3. The summed E-state index contributed by atoms with van der Waals surface area (Å²) in [6.07, 6.45) is 6.06. The Morgan fingerprint density at radius 3 is 1.97 bits per heavy atom. The summed E-state index contributed by atoms with van der Waals surface area (Å²) < 4.78 is 23.0. The Bertz CT molecular complexity index is 2590. The van der Waals surface area contributed by atoms with Crippen LogP contribution in [0.5, 0.6) is 11.5 Å². The van der Waals surface area contributed by atoms with Crippen molar-refractivity contribution in [1.82, 2.24) is 14.7 Å². The van der Waals surface area contributed by atoms with Crippen LogP contribution in [0.2, 0.25) is 0 Å². The highest BCUT2D eigenvalue weighted by Crippen LogP contribution is 2.49. The molecule has 3 aliphatic heterocycles. The number of carbonyl (C=O) groups excluding carboxylic acids is 6. The first kappa shape index (κ1) is 46.3. The van der Waals surface area contributed by atoms with E-state index in [1.54, 1.807) is 54.2 Å². The van der Waals surface area contributed by atoms with Gasteiger partial charge in [0.05, 0.1) is 16.8 Å². The zero-order chi connectivity index (χ0) is 45.7. The molecule has 336 valence electrons. The average Bonchev–Trinajstić information content (AvgIpc) is 3.93. The van der Waals surface area contributed by atoms with E-state index in [1.165, 1.54) is 32.4 Å². The Labute approximate surface area is 380 Å². The van der Waals surface area contributed by atoms with Gasteiger partial charge < -0.3 is 33.8 Å². The van der Waals surface area contributed by atoms with Crippen molar-refractivity contribution in [2.24, 2.45) is 0 Å². The number of ether oxygens (including phenoxy) is 1. The number of carbonyl (C=O) groups is 6. The topological polar surface area (TPSA) is 174 Å². The Balaban J connectivity index is 0.979. The second-order valence-electron chi connectivity index (χ2n) is 15.9. The van der Waals surface area contributed by atoms with Crippen molar-refractivity contribution in [2.75, 3.05) is 56.6 Å². The molecule has 18 heteroatoms. The first-order valence-corrected chi connectivity index (χ1v) is 23.1. The summed E-state index contributed by atoms with van der Waals surface area (Å²) in [6, 6.07) is 17.9. The van der Waals surface area contributed by atoms with E-state index in [0.717, 1.165) is 16.5 Å². The van der Waals surface area contributed by atoms with Crippen LogP contribution in [0.3, 0.4) is 0 Å². The lowest BCUT2D eigenvalue weighted by atomic mass is 9.94. The number of fused-ring (bicyclic) bond motifs is 6. The summed E-state index contributed by atoms with van der Waals surface area (Å²) in [5.74, 6) is -1.09. The predicted octanol–water partition coefficient (Wildman–Crippen LogP) is 7.81. The third-order valence-electron chi connectivity index (χ3n) is 11.8. The number of rotatable bonds is 17. The Morgan fingerprint density at radius 1 is 0.766 bits per heavy atom. The lowest BCUT2D eigenvalue weighted by Gasteiger charge is -2.23. The molecular formula is C46H48Cl2N5O10P. The third-order valence-corrected chi connectivity index (χ3v) is 12.7. The molecule has 0 radical (unpaired) electrons. The van der Waals surface area contributed by atoms with Crippen molar-refractivity contribution >= 4 is 100 Å². The maximum Gasteiger partial charge on any atom is 0.415 e. The molecule has 1 N–H and O–H groups in total. The summed E-state index contributed by atoms with van der Waals surface area (Å²) in [5, 5.41) is 2.24. The number of hydrogen-bond donors (Lipinski definition) is 1. The summed E-state index contributed by atoms with van der Waals surface area (Å²) in [5.41, 5.74) is 4.03. The molecule has 3 atom stereocenters. The SMILES string of the molecule is CN(CCN(C)C(=O)Oc1cc2c(c3ccccc13)C(/C=C/Cl)CN2C(=O)CCCC(=O)N1C[C@@H](Cl)c2c1cc(O[PH](=O)O)c1ccccc21)C(=O)CCCCCN1C(=O)C=CC1=O. The highest BCUT2D eigenvalue weighted by atomic mass is 35.5. The van der Waals surface area contributed by atoms with Crippen LogP contribution < -0.4 is 19.1 Å². The molecule has 3 heterocycles. The average molecular weight is 933 g/mol. The van der Waals surface area contributed by atoms with Crippen LogP contribution in [0, 0.1) is 0 Å². The molecule has 15 nitrogen and oxygen atoms in total. The van der Waals surface area contributed by atoms with Gasteiger partial charge in [-0.05, 0) is 35.6 Å². The van der Waals surface area contributed by atoms with E-state index in [2.05, 4.69) is 0 Å². The van der Waals surface area contributed by atoms with Crippen molar-refractivity contribution in [3.63, 3.8) is 0 Å². The van der Waals surface area contributed by atoms with Gasteiger partial charge in [0.2, 0.25) is 17.7 Å². The molecule has 7 rings (SSSR count). The van der Waals surface area contributed by atoms with Crippen LogP contribution in [-0.4, -0.2) is 102 Å². The zero-order valence-corrected chi connectivity index (χ0v) is 37.8. The van der Waals surface area contributed by atoms with Crippen LogP contribution in [0.15, 0.2) is 84.4 Å². The van der Waals surface area contributed by atoms with E-state index in [9.17, 15) is 38.2 Å². The van der Waals surface area contributed by atoms with Crippen LogP contribution in [0.1, 0.15) is 67.4 Å². The molecule has 4 aromatic rings. The van der Waals surface area contributed by atoms with E-state index >= 15 is 0 Å². The standard InChI is InChI=1S/C46H48Cl2N5O10P/c1-49(39(54)15-4-3-9-22-51-42(57)18-19-43(51)58)23-24-50(2)46(59)62-37-25-35-44(32-13-7-5-11-30(32)37)29(20-21-47)27-52(35)40(55)16-10-17-41(56)53-28-34(48)45-33-14-8-6-12-31(33)38(26-36(45)53)63-64(60)61/h5-8,11-14,18-21,25-26,29,34,64H,3-4,9-10,15-17,22-24,27-28H2,1-2H3,(H,60,61)/b21-20+/t29?,34-/m1/s1. The summed E-state index contributed by atoms with van der Waals surface area (Å²) in [4.78, 5) is 94.4. The van der Waals surface area contributed by atoms with E-state index in [-0.39, 0.29) is 98.8 Å². The number of nitrogens with zero attached hydrogens (tertiary/aromatic N) is 5. The molecular weight excluding hydrogens is 884 g/mol. The smallest absolute Gasteiger partial charge is 0.415 e. The van der Waals surface area contributed by atoms with Crippen molar-refractivity contribution in [1.29, 1.82) is 0 Å². The number of alkyl halides is 1. The van der Waals surface area contributed by atoms with Crippen LogP contribution in [0.25, 0.3) is 21.5 Å². The number of amides is 6. The van der Waals surface area contributed by atoms with Gasteiger partial charge in [-0.15, -0.1) is 11.6 Å². The molecule has 6 amide bonds. The molecule has 64 heavy (non-hydrogen) atoms. The fourth-order valence-electron chi connectivity index (χ4n) is 8.50. The molecule has 0 aliphatic carbocycles. The Hall–Kier alpha value is -5.73. The molecule has 0 saturated carbocycles. The summed E-state index contributed by atoms with van der Waals surface area (Å²) >= 11 is 12.9. The minimum Gasteiger partial charge on any atom is -0.426 e. The number of likely N-dealkylation sites (N-methyl/N-ethyl adjacent to an activating group) is 2. The molecule has 3 aliphatic rings. The number of halogens is 2.